The Bertz CT molecular complexity index is 310. The van der Waals surface area contributed by atoms with E-state index in [0.717, 1.165) is 4.90 Å². The monoisotopic (exact) mass is 229 g/mol. The molecule has 0 aromatic carbocycles. The highest BCUT2D eigenvalue weighted by molar-refractivity contribution is 5.95. The molecule has 0 spiro atoms. The van der Waals surface area contributed by atoms with Gasteiger partial charge in [0.1, 0.15) is 5.78 Å². The molecule has 0 aliphatic heterocycles. The zero-order valence-electron chi connectivity index (χ0n) is 9.61. The van der Waals surface area contributed by atoms with Gasteiger partial charge < -0.3 is 4.74 Å². The van der Waals surface area contributed by atoms with E-state index in [-0.39, 0.29) is 18.7 Å². The summed E-state index contributed by atoms with van der Waals surface area (Å²) >= 11 is 0. The summed E-state index contributed by atoms with van der Waals surface area (Å²) in [7, 11) is 0. The van der Waals surface area contributed by atoms with Gasteiger partial charge in [-0.2, -0.15) is 0 Å². The number of imide groups is 1. The van der Waals surface area contributed by atoms with Crippen molar-refractivity contribution in [3.63, 3.8) is 0 Å². The minimum Gasteiger partial charge on any atom is -0.456 e. The number of ether oxygens (including phenoxy) is 1. The van der Waals surface area contributed by atoms with Gasteiger partial charge in [0, 0.05) is 26.8 Å². The molecule has 0 atom stereocenters. The van der Waals surface area contributed by atoms with Crippen molar-refractivity contribution in [1.82, 2.24) is 4.90 Å². The van der Waals surface area contributed by atoms with Crippen LogP contribution in [0.3, 0.4) is 0 Å². The molecule has 0 aliphatic carbocycles. The molecule has 16 heavy (non-hydrogen) atoms. The number of hydrogen-bond acceptors (Lipinski definition) is 5. The van der Waals surface area contributed by atoms with Crippen molar-refractivity contribution in [2.45, 2.75) is 27.2 Å². The smallest absolute Gasteiger partial charge is 0.303 e. The van der Waals surface area contributed by atoms with Crippen LogP contribution in [0.5, 0.6) is 0 Å². The van der Waals surface area contributed by atoms with Crippen molar-refractivity contribution in [1.29, 1.82) is 0 Å². The molecule has 0 unspecified atom stereocenters. The minimum absolute atomic E-state index is 0.0186. The Morgan fingerprint density at radius 3 is 2.00 bits per heavy atom. The molecule has 2 amide bonds. The van der Waals surface area contributed by atoms with Gasteiger partial charge in [-0.05, 0) is 6.92 Å². The third-order valence-corrected chi connectivity index (χ3v) is 1.77. The van der Waals surface area contributed by atoms with E-state index in [1.165, 1.54) is 20.8 Å². The molecule has 6 nitrogen and oxygen atoms in total. The van der Waals surface area contributed by atoms with E-state index < -0.39 is 24.4 Å². The van der Waals surface area contributed by atoms with Gasteiger partial charge in [-0.3, -0.25) is 24.1 Å². The van der Waals surface area contributed by atoms with E-state index in [0.29, 0.717) is 0 Å². The summed E-state index contributed by atoms with van der Waals surface area (Å²) in [5.41, 5.74) is 0. The largest absolute Gasteiger partial charge is 0.456 e. The Labute approximate surface area is 93.5 Å². The lowest BCUT2D eigenvalue weighted by Gasteiger charge is -2.17. The normalized spacial score (nSPS) is 9.44. The topological polar surface area (TPSA) is 80.8 Å². The predicted octanol–water partition coefficient (Wildman–Crippen LogP) is -0.0963. The molecule has 0 saturated heterocycles. The molecule has 0 bridgehead atoms. The van der Waals surface area contributed by atoms with E-state index in [1.54, 1.807) is 0 Å². The van der Waals surface area contributed by atoms with Gasteiger partial charge in [0.05, 0.1) is 0 Å². The van der Waals surface area contributed by atoms with Crippen LogP contribution in [0.15, 0.2) is 0 Å². The van der Waals surface area contributed by atoms with Crippen LogP contribution in [0, 0.1) is 0 Å². The van der Waals surface area contributed by atoms with Crippen molar-refractivity contribution >= 4 is 23.6 Å². The first-order chi connectivity index (χ1) is 7.34. The molecule has 6 heteroatoms. The van der Waals surface area contributed by atoms with Crippen molar-refractivity contribution < 1.29 is 23.9 Å². The number of carbonyl (C=O) groups is 4. The molecule has 0 radical (unpaired) electrons. The molecular weight excluding hydrogens is 214 g/mol. The third-order valence-electron chi connectivity index (χ3n) is 1.77. The van der Waals surface area contributed by atoms with Crippen LogP contribution < -0.4 is 0 Å². The summed E-state index contributed by atoms with van der Waals surface area (Å²) in [5.74, 6) is -1.81. The number of esters is 1. The summed E-state index contributed by atoms with van der Waals surface area (Å²) < 4.78 is 4.47. The first kappa shape index (κ1) is 14.3. The van der Waals surface area contributed by atoms with E-state index in [9.17, 15) is 19.2 Å². The minimum atomic E-state index is -0.621. The molecule has 0 aromatic rings. The summed E-state index contributed by atoms with van der Waals surface area (Å²) in [6, 6.07) is 0. The van der Waals surface area contributed by atoms with Crippen molar-refractivity contribution in [2.75, 3.05) is 13.2 Å². The Balaban J connectivity index is 4.29. The SMILES string of the molecule is CC(=O)CCN(C(C)=O)C(=O)COC(C)=O. The molecule has 90 valence electrons. The number of rotatable bonds is 5. The van der Waals surface area contributed by atoms with Gasteiger partial charge in [-0.1, -0.05) is 0 Å². The van der Waals surface area contributed by atoms with Gasteiger partial charge in [0.25, 0.3) is 5.91 Å². The van der Waals surface area contributed by atoms with Gasteiger partial charge in [-0.25, -0.2) is 0 Å². The molecule has 0 rings (SSSR count). The van der Waals surface area contributed by atoms with E-state index in [2.05, 4.69) is 4.74 Å². The first-order valence-electron chi connectivity index (χ1n) is 4.78. The molecule has 0 fully saturated rings. The van der Waals surface area contributed by atoms with Gasteiger partial charge in [0.15, 0.2) is 6.61 Å². The standard InChI is InChI=1S/C10H15NO5/c1-7(12)4-5-11(8(2)13)10(15)6-16-9(3)14/h4-6H2,1-3H3. The van der Waals surface area contributed by atoms with Crippen LogP contribution in [0.4, 0.5) is 0 Å². The lowest BCUT2D eigenvalue weighted by Crippen LogP contribution is -2.39. The average molecular weight is 229 g/mol. The summed E-state index contributed by atoms with van der Waals surface area (Å²) in [4.78, 5) is 44.6. The molecule has 0 heterocycles. The number of amides is 2. The molecular formula is C10H15NO5. The quantitative estimate of drug-likeness (QED) is 0.615. The fourth-order valence-corrected chi connectivity index (χ4v) is 0.968. The Hall–Kier alpha value is -1.72. The second-order valence-corrected chi connectivity index (χ2v) is 3.30. The van der Waals surface area contributed by atoms with Gasteiger partial charge in [-0.15, -0.1) is 0 Å². The number of hydrogen-bond donors (Lipinski definition) is 0. The van der Waals surface area contributed by atoms with E-state index >= 15 is 0 Å². The van der Waals surface area contributed by atoms with Gasteiger partial charge in [0.2, 0.25) is 5.91 Å². The molecule has 0 aromatic heterocycles. The number of nitrogens with zero attached hydrogens (tertiary/aromatic N) is 1. The van der Waals surface area contributed by atoms with Crippen molar-refractivity contribution in [3.05, 3.63) is 0 Å². The molecule has 0 saturated carbocycles. The first-order valence-corrected chi connectivity index (χ1v) is 4.78. The average Bonchev–Trinajstić information content (AvgIpc) is 2.13. The van der Waals surface area contributed by atoms with Crippen molar-refractivity contribution in [2.24, 2.45) is 0 Å². The highest BCUT2D eigenvalue weighted by atomic mass is 16.5. The number of ketones is 1. The number of carbonyl (C=O) groups excluding carboxylic acids is 4. The lowest BCUT2D eigenvalue weighted by atomic mass is 10.3. The Kier molecular flexibility index (Phi) is 5.99. The Morgan fingerprint density at radius 2 is 1.62 bits per heavy atom. The summed E-state index contributed by atoms with van der Waals surface area (Å²) in [5, 5.41) is 0. The molecule has 0 aliphatic rings. The number of Topliss-reactive ketones (excluding diaryl/α,β-unsaturated/α-hetero) is 1. The van der Waals surface area contributed by atoms with Crippen LogP contribution in [-0.4, -0.2) is 41.6 Å². The maximum absolute atomic E-state index is 11.4. The van der Waals surface area contributed by atoms with Crippen molar-refractivity contribution in [3.8, 4) is 0 Å². The molecule has 0 N–H and O–H groups in total. The fraction of sp³-hybridized carbons (Fsp3) is 0.600. The third kappa shape index (κ3) is 5.90. The zero-order valence-corrected chi connectivity index (χ0v) is 9.61. The Morgan fingerprint density at radius 1 is 1.06 bits per heavy atom. The highest BCUT2D eigenvalue weighted by Gasteiger charge is 2.18. The predicted molar refractivity (Wildman–Crippen MR) is 54.3 cm³/mol. The van der Waals surface area contributed by atoms with E-state index in [4.69, 9.17) is 0 Å². The van der Waals surface area contributed by atoms with Crippen LogP contribution in [-0.2, 0) is 23.9 Å². The maximum Gasteiger partial charge on any atom is 0.303 e. The summed E-state index contributed by atoms with van der Waals surface area (Å²) in [6.07, 6.45) is 0.103. The van der Waals surface area contributed by atoms with Crippen LogP contribution in [0.25, 0.3) is 0 Å². The highest BCUT2D eigenvalue weighted by Crippen LogP contribution is 1.96. The second-order valence-electron chi connectivity index (χ2n) is 3.30. The van der Waals surface area contributed by atoms with Gasteiger partial charge >= 0.3 is 5.97 Å². The van der Waals surface area contributed by atoms with Crippen LogP contribution >= 0.6 is 0 Å². The fourth-order valence-electron chi connectivity index (χ4n) is 0.968. The zero-order chi connectivity index (χ0) is 12.7. The lowest BCUT2D eigenvalue weighted by molar-refractivity contribution is -0.154. The summed E-state index contributed by atoms with van der Waals surface area (Å²) in [6.45, 7) is 3.29. The van der Waals surface area contributed by atoms with Crippen LogP contribution in [0.2, 0.25) is 0 Å². The van der Waals surface area contributed by atoms with E-state index in [1.807, 2.05) is 0 Å². The van der Waals surface area contributed by atoms with Crippen LogP contribution in [0.1, 0.15) is 27.2 Å². The maximum atomic E-state index is 11.4. The second kappa shape index (κ2) is 6.71.